The van der Waals surface area contributed by atoms with Gasteiger partial charge in [-0.3, -0.25) is 4.90 Å². The maximum Gasteiger partial charge on any atom is 0.133 e. The number of hydrogen-bond donors (Lipinski definition) is 2. The first-order valence-corrected chi connectivity index (χ1v) is 7.21. The Morgan fingerprint density at radius 3 is 2.33 bits per heavy atom. The largest absolute Gasteiger partial charge is 0.506 e. The van der Waals surface area contributed by atoms with Gasteiger partial charge in [-0.1, -0.05) is 0 Å². The van der Waals surface area contributed by atoms with Crippen molar-refractivity contribution >= 4 is 15.9 Å². The van der Waals surface area contributed by atoms with Gasteiger partial charge in [0.25, 0.3) is 0 Å². The van der Waals surface area contributed by atoms with Gasteiger partial charge < -0.3 is 10.4 Å². The lowest BCUT2D eigenvalue weighted by Crippen LogP contribution is -2.43. The molecule has 1 aromatic carbocycles. The van der Waals surface area contributed by atoms with Gasteiger partial charge in [-0.15, -0.1) is 0 Å². The van der Waals surface area contributed by atoms with Crippen LogP contribution in [0.1, 0.15) is 22.3 Å². The van der Waals surface area contributed by atoms with E-state index in [2.05, 4.69) is 40.0 Å². The molecule has 4 heteroatoms. The summed E-state index contributed by atoms with van der Waals surface area (Å²) < 4.78 is 0.843. The van der Waals surface area contributed by atoms with Gasteiger partial charge in [0.15, 0.2) is 0 Å². The smallest absolute Gasteiger partial charge is 0.133 e. The fourth-order valence-corrected chi connectivity index (χ4v) is 3.03. The van der Waals surface area contributed by atoms with Crippen molar-refractivity contribution in [2.45, 2.75) is 27.3 Å². The van der Waals surface area contributed by atoms with Gasteiger partial charge in [0, 0.05) is 32.7 Å². The number of phenols is 1. The third-order valence-electron chi connectivity index (χ3n) is 3.95. The Bertz CT molecular complexity index is 425. The zero-order valence-electron chi connectivity index (χ0n) is 11.3. The van der Waals surface area contributed by atoms with Crippen molar-refractivity contribution in [2.24, 2.45) is 0 Å². The number of piperazine rings is 1. The minimum absolute atomic E-state index is 0.383. The minimum atomic E-state index is 0.383. The minimum Gasteiger partial charge on any atom is -0.506 e. The average molecular weight is 313 g/mol. The highest BCUT2D eigenvalue weighted by Gasteiger charge is 2.18. The lowest BCUT2D eigenvalue weighted by atomic mass is 9.97. The Hall–Kier alpha value is -0.580. The van der Waals surface area contributed by atoms with Gasteiger partial charge in [-0.2, -0.15) is 0 Å². The van der Waals surface area contributed by atoms with E-state index < -0.39 is 0 Å². The first-order chi connectivity index (χ1) is 8.52. The second-order valence-corrected chi connectivity index (χ2v) is 5.84. The standard InChI is InChI=1S/C14H21BrN2O/c1-9-10(2)14(18)13(15)11(3)12(9)8-17-6-4-16-5-7-17/h16,18H,4-8H2,1-3H3. The molecule has 0 unspecified atom stereocenters. The molecule has 100 valence electrons. The topological polar surface area (TPSA) is 35.5 Å². The Morgan fingerprint density at radius 1 is 1.11 bits per heavy atom. The first kappa shape index (κ1) is 13.8. The number of nitrogens with zero attached hydrogens (tertiary/aromatic N) is 1. The van der Waals surface area contributed by atoms with Crippen molar-refractivity contribution in [3.05, 3.63) is 26.7 Å². The molecule has 2 N–H and O–H groups in total. The van der Waals surface area contributed by atoms with Crippen LogP contribution in [0.15, 0.2) is 4.47 Å². The van der Waals surface area contributed by atoms with Crippen LogP contribution >= 0.6 is 15.9 Å². The van der Waals surface area contributed by atoms with E-state index in [1.807, 2.05) is 6.92 Å². The molecule has 0 amide bonds. The highest BCUT2D eigenvalue weighted by Crippen LogP contribution is 2.36. The van der Waals surface area contributed by atoms with Gasteiger partial charge in [-0.25, -0.2) is 0 Å². The third-order valence-corrected chi connectivity index (χ3v) is 4.92. The summed E-state index contributed by atoms with van der Waals surface area (Å²) in [4.78, 5) is 2.47. The maximum absolute atomic E-state index is 10.0. The summed E-state index contributed by atoms with van der Waals surface area (Å²) in [6, 6.07) is 0. The fraction of sp³-hybridized carbons (Fsp3) is 0.571. The van der Waals surface area contributed by atoms with Crippen LogP contribution in [-0.4, -0.2) is 36.2 Å². The molecule has 3 nitrogen and oxygen atoms in total. The summed E-state index contributed by atoms with van der Waals surface area (Å²) in [5.74, 6) is 0.383. The van der Waals surface area contributed by atoms with Crippen LogP contribution in [0.5, 0.6) is 5.75 Å². The highest BCUT2D eigenvalue weighted by molar-refractivity contribution is 9.10. The van der Waals surface area contributed by atoms with E-state index in [0.717, 1.165) is 48.3 Å². The summed E-state index contributed by atoms with van der Waals surface area (Å²) in [7, 11) is 0. The Balaban J connectivity index is 2.32. The van der Waals surface area contributed by atoms with Crippen molar-refractivity contribution in [1.82, 2.24) is 10.2 Å². The van der Waals surface area contributed by atoms with E-state index in [4.69, 9.17) is 0 Å². The summed E-state index contributed by atoms with van der Waals surface area (Å²) >= 11 is 3.50. The summed E-state index contributed by atoms with van der Waals surface area (Å²) in [5, 5.41) is 13.4. The number of aromatic hydroxyl groups is 1. The molecular weight excluding hydrogens is 292 g/mol. The molecule has 0 aromatic heterocycles. The first-order valence-electron chi connectivity index (χ1n) is 6.42. The zero-order chi connectivity index (χ0) is 13.3. The Labute approximate surface area is 117 Å². The predicted octanol–water partition coefficient (Wildman–Crippen LogP) is 2.49. The van der Waals surface area contributed by atoms with E-state index in [9.17, 15) is 5.11 Å². The predicted molar refractivity (Wildman–Crippen MR) is 78.2 cm³/mol. The van der Waals surface area contributed by atoms with Crippen LogP contribution in [-0.2, 0) is 6.54 Å². The van der Waals surface area contributed by atoms with Crippen molar-refractivity contribution in [2.75, 3.05) is 26.2 Å². The number of halogens is 1. The van der Waals surface area contributed by atoms with E-state index in [1.165, 1.54) is 11.1 Å². The van der Waals surface area contributed by atoms with E-state index in [-0.39, 0.29) is 0 Å². The Morgan fingerprint density at radius 2 is 1.72 bits per heavy atom. The molecule has 1 aromatic rings. The third kappa shape index (κ3) is 2.56. The van der Waals surface area contributed by atoms with Gasteiger partial charge >= 0.3 is 0 Å². The second kappa shape index (κ2) is 5.59. The average Bonchev–Trinajstić information content (AvgIpc) is 2.40. The molecule has 0 aliphatic carbocycles. The normalized spacial score (nSPS) is 17.1. The molecule has 2 rings (SSSR count). The van der Waals surface area contributed by atoms with Crippen molar-refractivity contribution in [3.63, 3.8) is 0 Å². The zero-order valence-corrected chi connectivity index (χ0v) is 12.9. The van der Waals surface area contributed by atoms with Crippen LogP contribution in [0.3, 0.4) is 0 Å². The molecule has 1 aliphatic rings. The van der Waals surface area contributed by atoms with Crippen molar-refractivity contribution in [1.29, 1.82) is 0 Å². The molecule has 18 heavy (non-hydrogen) atoms. The molecule has 1 aliphatic heterocycles. The van der Waals surface area contributed by atoms with E-state index >= 15 is 0 Å². The van der Waals surface area contributed by atoms with Crippen molar-refractivity contribution in [3.8, 4) is 5.75 Å². The lowest BCUT2D eigenvalue weighted by Gasteiger charge is -2.29. The number of nitrogens with one attached hydrogen (secondary N) is 1. The number of phenolic OH excluding ortho intramolecular Hbond substituents is 1. The summed E-state index contributed by atoms with van der Waals surface area (Å²) in [6.07, 6.45) is 0. The number of rotatable bonds is 2. The highest BCUT2D eigenvalue weighted by atomic mass is 79.9. The van der Waals surface area contributed by atoms with Crippen molar-refractivity contribution < 1.29 is 5.11 Å². The van der Waals surface area contributed by atoms with Gasteiger partial charge in [0.05, 0.1) is 4.47 Å². The van der Waals surface area contributed by atoms with Gasteiger partial charge in [0.2, 0.25) is 0 Å². The summed E-state index contributed by atoms with van der Waals surface area (Å²) in [5.41, 5.74) is 4.71. The SMILES string of the molecule is Cc1c(C)c(CN2CCNCC2)c(C)c(Br)c1O. The van der Waals surface area contributed by atoms with Crippen LogP contribution in [0.2, 0.25) is 0 Å². The van der Waals surface area contributed by atoms with E-state index in [0.29, 0.717) is 5.75 Å². The van der Waals surface area contributed by atoms with Crippen LogP contribution in [0.25, 0.3) is 0 Å². The Kier molecular flexibility index (Phi) is 4.30. The molecule has 0 saturated carbocycles. The van der Waals surface area contributed by atoms with Gasteiger partial charge in [-0.05, 0) is 59.0 Å². The molecule has 0 radical (unpaired) electrons. The summed E-state index contributed by atoms with van der Waals surface area (Å²) in [6.45, 7) is 11.5. The second-order valence-electron chi connectivity index (χ2n) is 5.04. The lowest BCUT2D eigenvalue weighted by molar-refractivity contribution is 0.232. The maximum atomic E-state index is 10.0. The van der Waals surface area contributed by atoms with E-state index in [1.54, 1.807) is 0 Å². The van der Waals surface area contributed by atoms with Crippen LogP contribution < -0.4 is 5.32 Å². The molecule has 0 atom stereocenters. The molecule has 1 fully saturated rings. The molecular formula is C14H21BrN2O. The molecule has 0 bridgehead atoms. The monoisotopic (exact) mass is 312 g/mol. The van der Waals surface area contributed by atoms with Crippen LogP contribution in [0.4, 0.5) is 0 Å². The quantitative estimate of drug-likeness (QED) is 0.880. The fourth-order valence-electron chi connectivity index (χ4n) is 2.49. The molecule has 0 spiro atoms. The molecule has 1 heterocycles. The van der Waals surface area contributed by atoms with Crippen LogP contribution in [0, 0.1) is 20.8 Å². The van der Waals surface area contributed by atoms with Gasteiger partial charge in [0.1, 0.15) is 5.75 Å². The number of hydrogen-bond acceptors (Lipinski definition) is 3. The number of benzene rings is 1. The molecule has 1 saturated heterocycles.